The van der Waals surface area contributed by atoms with Crippen LogP contribution in [0.5, 0.6) is 0 Å². The fraction of sp³-hybridized carbons (Fsp3) is 0.776. The monoisotopic (exact) mass is 1030 g/mol. The van der Waals surface area contributed by atoms with Gasteiger partial charge in [0.25, 0.3) is 0 Å². The summed E-state index contributed by atoms with van der Waals surface area (Å²) < 4.78 is 32.4. The molecular formula is C49H83N5O18. The van der Waals surface area contributed by atoms with Crippen LogP contribution in [0, 0.1) is 0 Å². The molecule has 0 rings (SSSR count). The highest BCUT2D eigenvalue weighted by molar-refractivity contribution is 5.93. The van der Waals surface area contributed by atoms with Crippen molar-refractivity contribution in [2.45, 2.75) is 246 Å². The van der Waals surface area contributed by atoms with E-state index in [0.717, 1.165) is 0 Å². The Morgan fingerprint density at radius 2 is 0.611 bits per heavy atom. The van der Waals surface area contributed by atoms with Crippen molar-refractivity contribution in [3.63, 3.8) is 0 Å². The standard InChI is InChI=1S/C49H83N5O18/c1-44(2,3)67-37(60)26-22-30(41(64)70-47(10,11)12)52-34(56)24-20-28(39(62)68-45(4,5)6)50-33(55)23-19-29(40(63)69-46(7,8)9)51-35(57)25-21-31(42(65)71-48(13,14)15)53-38(61)32(27-36(58)59)54-43(66)72-49(16,17)18/h28-32H,19-27H2,1-18H3,(H,50,55)(H,51,57)(H,52,56)(H,53,61)(H,54,66)(H,58,59). The molecule has 412 valence electrons. The van der Waals surface area contributed by atoms with Gasteiger partial charge in [-0.25, -0.2) is 24.0 Å². The molecule has 23 heteroatoms. The number of carboxylic acid groups (broad SMARTS) is 1. The minimum atomic E-state index is -1.72. The molecule has 5 unspecified atom stereocenters. The van der Waals surface area contributed by atoms with E-state index in [-0.39, 0.29) is 25.7 Å². The molecule has 0 aliphatic heterocycles. The van der Waals surface area contributed by atoms with E-state index in [2.05, 4.69) is 26.6 Å². The summed E-state index contributed by atoms with van der Waals surface area (Å²) in [4.78, 5) is 144. The molecule has 0 bridgehead atoms. The van der Waals surface area contributed by atoms with Crippen LogP contribution in [-0.2, 0) is 76.4 Å². The summed E-state index contributed by atoms with van der Waals surface area (Å²) >= 11 is 0. The Hall–Kier alpha value is -6.03. The van der Waals surface area contributed by atoms with Crippen molar-refractivity contribution in [1.29, 1.82) is 0 Å². The molecule has 5 atom stereocenters. The van der Waals surface area contributed by atoms with E-state index in [4.69, 9.17) is 28.4 Å². The lowest BCUT2D eigenvalue weighted by Crippen LogP contribution is -2.54. The van der Waals surface area contributed by atoms with Gasteiger partial charge in [0.05, 0.1) is 6.42 Å². The lowest BCUT2D eigenvalue weighted by molar-refractivity contribution is -0.161. The maximum atomic E-state index is 13.5. The summed E-state index contributed by atoms with van der Waals surface area (Å²) in [5.41, 5.74) is -5.91. The van der Waals surface area contributed by atoms with Crippen LogP contribution < -0.4 is 26.6 Å². The zero-order chi connectivity index (χ0) is 56.4. The predicted octanol–water partition coefficient (Wildman–Crippen LogP) is 4.12. The van der Waals surface area contributed by atoms with Crippen LogP contribution in [0.1, 0.15) is 182 Å². The SMILES string of the molecule is CC(C)(C)OC(=O)CCC(NC(=O)CCC(NC(=O)CCC(NC(=O)CCC(NC(=O)C(CC(=O)O)NC(=O)OC(C)(C)C)C(=O)OC(C)(C)C)C(=O)OC(C)(C)C)C(=O)OC(C)(C)C)C(=O)OC(C)(C)C. The zero-order valence-corrected chi connectivity index (χ0v) is 45.6. The summed E-state index contributed by atoms with van der Waals surface area (Å²) in [6.07, 6.45) is -5.03. The number of ether oxygens (including phenoxy) is 6. The third kappa shape index (κ3) is 32.8. The summed E-state index contributed by atoms with van der Waals surface area (Å²) in [6.45, 7) is 28.7. The van der Waals surface area contributed by atoms with Crippen LogP contribution >= 0.6 is 0 Å². The van der Waals surface area contributed by atoms with Crippen molar-refractivity contribution < 1.29 is 86.3 Å². The van der Waals surface area contributed by atoms with Crippen molar-refractivity contribution in [2.24, 2.45) is 0 Å². The van der Waals surface area contributed by atoms with E-state index < -0.39 is 161 Å². The minimum absolute atomic E-state index is 0.165. The van der Waals surface area contributed by atoms with E-state index in [9.17, 15) is 57.8 Å². The molecule has 0 aliphatic carbocycles. The van der Waals surface area contributed by atoms with Crippen LogP contribution in [0.15, 0.2) is 0 Å². The van der Waals surface area contributed by atoms with Gasteiger partial charge in [0.15, 0.2) is 0 Å². The highest BCUT2D eigenvalue weighted by Gasteiger charge is 2.35. The molecule has 72 heavy (non-hydrogen) atoms. The van der Waals surface area contributed by atoms with Crippen LogP contribution in [0.3, 0.4) is 0 Å². The number of carboxylic acids is 1. The summed E-state index contributed by atoms with van der Waals surface area (Å²) in [5.74, 6) is -9.24. The van der Waals surface area contributed by atoms with Crippen molar-refractivity contribution in [3.8, 4) is 0 Å². The molecule has 0 heterocycles. The number of hydrogen-bond acceptors (Lipinski definition) is 17. The number of amides is 5. The number of esters is 5. The summed E-state index contributed by atoms with van der Waals surface area (Å²) in [6, 6.07) is -7.47. The lowest BCUT2D eigenvalue weighted by atomic mass is 10.1. The maximum absolute atomic E-state index is 13.5. The number of carbonyl (C=O) groups is 11. The van der Waals surface area contributed by atoms with E-state index >= 15 is 0 Å². The lowest BCUT2D eigenvalue weighted by Gasteiger charge is -2.27. The second-order valence-corrected chi connectivity index (χ2v) is 23.1. The van der Waals surface area contributed by atoms with Gasteiger partial charge in [-0.2, -0.15) is 0 Å². The predicted molar refractivity (Wildman–Crippen MR) is 259 cm³/mol. The molecule has 0 saturated heterocycles. The van der Waals surface area contributed by atoms with E-state index in [1.165, 1.54) is 0 Å². The van der Waals surface area contributed by atoms with Gasteiger partial charge in [0.1, 0.15) is 63.8 Å². The van der Waals surface area contributed by atoms with Gasteiger partial charge in [-0.1, -0.05) is 0 Å². The third-order valence-corrected chi connectivity index (χ3v) is 8.51. The third-order valence-electron chi connectivity index (χ3n) is 8.51. The molecule has 0 spiro atoms. The Kier molecular flexibility index (Phi) is 25.4. The Morgan fingerprint density at radius 3 is 0.875 bits per heavy atom. The van der Waals surface area contributed by atoms with Crippen LogP contribution in [0.4, 0.5) is 4.79 Å². The van der Waals surface area contributed by atoms with Crippen LogP contribution in [0.2, 0.25) is 0 Å². The van der Waals surface area contributed by atoms with Gasteiger partial charge in [-0.15, -0.1) is 0 Å². The first-order chi connectivity index (χ1) is 32.3. The number of aliphatic carboxylic acids is 1. The van der Waals surface area contributed by atoms with Gasteiger partial charge in [-0.05, 0) is 150 Å². The molecule has 0 fully saturated rings. The normalized spacial score (nSPS) is 14.3. The first-order valence-corrected chi connectivity index (χ1v) is 23.9. The van der Waals surface area contributed by atoms with Crippen molar-refractivity contribution in [2.75, 3.05) is 0 Å². The van der Waals surface area contributed by atoms with Gasteiger partial charge >= 0.3 is 41.9 Å². The number of alkyl carbamates (subject to hydrolysis) is 1. The molecule has 0 radical (unpaired) electrons. The molecule has 23 nitrogen and oxygen atoms in total. The van der Waals surface area contributed by atoms with Crippen molar-refractivity contribution in [3.05, 3.63) is 0 Å². The number of hydrogen-bond donors (Lipinski definition) is 6. The first kappa shape index (κ1) is 66.0. The van der Waals surface area contributed by atoms with Gasteiger partial charge in [-0.3, -0.25) is 28.8 Å². The average molecular weight is 1030 g/mol. The van der Waals surface area contributed by atoms with Crippen molar-refractivity contribution >= 4 is 65.5 Å². The topological polar surface area (TPSA) is 324 Å². The quantitative estimate of drug-likeness (QED) is 0.0585. The highest BCUT2D eigenvalue weighted by Crippen LogP contribution is 2.18. The molecular weight excluding hydrogens is 947 g/mol. The molecule has 0 aromatic carbocycles. The Labute approximate surface area is 423 Å². The molecule has 0 saturated carbocycles. The van der Waals surface area contributed by atoms with Crippen molar-refractivity contribution in [1.82, 2.24) is 26.6 Å². The van der Waals surface area contributed by atoms with E-state index in [1.807, 2.05) is 0 Å². The Morgan fingerprint density at radius 1 is 0.347 bits per heavy atom. The Balaban J connectivity index is 6.38. The second-order valence-electron chi connectivity index (χ2n) is 23.1. The number of carbonyl (C=O) groups excluding carboxylic acids is 10. The molecule has 0 aromatic rings. The maximum Gasteiger partial charge on any atom is 0.408 e. The smallest absolute Gasteiger partial charge is 0.408 e. The second kappa shape index (κ2) is 27.7. The zero-order valence-electron chi connectivity index (χ0n) is 45.6. The Bertz CT molecular complexity index is 1930. The van der Waals surface area contributed by atoms with Gasteiger partial charge in [0, 0.05) is 25.7 Å². The van der Waals surface area contributed by atoms with Gasteiger partial charge in [0.2, 0.25) is 23.6 Å². The van der Waals surface area contributed by atoms with E-state index in [1.54, 1.807) is 125 Å². The average Bonchev–Trinajstić information content (AvgIpc) is 3.13. The van der Waals surface area contributed by atoms with Gasteiger partial charge < -0.3 is 60.1 Å². The number of rotatable bonds is 24. The minimum Gasteiger partial charge on any atom is -0.481 e. The molecule has 6 N–H and O–H groups in total. The highest BCUT2D eigenvalue weighted by atomic mass is 16.6. The molecule has 0 aromatic heterocycles. The van der Waals surface area contributed by atoms with E-state index in [0.29, 0.717) is 0 Å². The largest absolute Gasteiger partial charge is 0.481 e. The summed E-state index contributed by atoms with van der Waals surface area (Å²) in [5, 5.41) is 21.5. The summed E-state index contributed by atoms with van der Waals surface area (Å²) in [7, 11) is 0. The van der Waals surface area contributed by atoms with Crippen LogP contribution in [0.25, 0.3) is 0 Å². The first-order valence-electron chi connectivity index (χ1n) is 23.9. The molecule has 5 amide bonds. The number of nitrogens with one attached hydrogen (secondary N) is 5. The van der Waals surface area contributed by atoms with Crippen LogP contribution in [-0.4, -0.2) is 134 Å². The fourth-order valence-electron chi connectivity index (χ4n) is 5.87. The fourth-order valence-corrected chi connectivity index (χ4v) is 5.87. The molecule has 0 aliphatic rings.